The van der Waals surface area contributed by atoms with Gasteiger partial charge in [-0.3, -0.25) is 0 Å². The lowest BCUT2D eigenvalue weighted by molar-refractivity contribution is -0.317. The minimum Gasteiger partial charge on any atom is -0.375 e. The smallest absolute Gasteiger partial charge is 0.187 e. The van der Waals surface area contributed by atoms with Crippen molar-refractivity contribution in [3.8, 4) is 0 Å². The van der Waals surface area contributed by atoms with E-state index in [-0.39, 0.29) is 0 Å². The zero-order valence-corrected chi connectivity index (χ0v) is 16.0. The van der Waals surface area contributed by atoms with Crippen molar-refractivity contribution >= 4 is 0 Å². The van der Waals surface area contributed by atoms with E-state index in [0.29, 0.717) is 39.6 Å². The van der Waals surface area contributed by atoms with E-state index in [1.54, 1.807) is 30.4 Å². The lowest BCUT2D eigenvalue weighted by Crippen LogP contribution is -2.62. The second-order valence-electron chi connectivity index (χ2n) is 5.75. The van der Waals surface area contributed by atoms with Crippen LogP contribution >= 0.6 is 0 Å². The van der Waals surface area contributed by atoms with E-state index < -0.39 is 30.7 Å². The highest BCUT2D eigenvalue weighted by atomic mass is 16.7. The van der Waals surface area contributed by atoms with E-state index in [0.717, 1.165) is 0 Å². The predicted octanol–water partition coefficient (Wildman–Crippen LogP) is 2.83. The molecule has 0 bridgehead atoms. The molecule has 0 spiro atoms. The van der Waals surface area contributed by atoms with Crippen LogP contribution in [0.5, 0.6) is 0 Å². The van der Waals surface area contributed by atoms with Gasteiger partial charge >= 0.3 is 0 Å². The van der Waals surface area contributed by atoms with Crippen LogP contribution in [0.15, 0.2) is 63.3 Å². The molecule has 0 aromatic rings. The van der Waals surface area contributed by atoms with Crippen LogP contribution in [0.3, 0.4) is 0 Å². The molecule has 0 aliphatic carbocycles. The highest BCUT2D eigenvalue weighted by molar-refractivity contribution is 4.95. The Morgan fingerprint density at radius 2 is 1.07 bits per heavy atom. The maximum Gasteiger partial charge on any atom is 0.187 e. The van der Waals surface area contributed by atoms with Gasteiger partial charge in [-0.25, -0.2) is 0 Å². The number of hydrogen-bond donors (Lipinski definition) is 0. The molecule has 0 amide bonds. The van der Waals surface area contributed by atoms with E-state index in [1.807, 2.05) is 0 Å². The zero-order chi connectivity index (χ0) is 19.9. The van der Waals surface area contributed by atoms with Crippen molar-refractivity contribution in [2.24, 2.45) is 0 Å². The van der Waals surface area contributed by atoms with Gasteiger partial charge in [-0.05, 0) is 0 Å². The first-order valence-electron chi connectivity index (χ1n) is 8.97. The largest absolute Gasteiger partial charge is 0.375 e. The third-order valence-electron chi connectivity index (χ3n) is 3.71. The average molecular weight is 380 g/mol. The Balaban J connectivity index is 3.07. The molecule has 1 aliphatic rings. The van der Waals surface area contributed by atoms with Gasteiger partial charge in [-0.1, -0.05) is 30.4 Å². The first-order chi connectivity index (χ1) is 13.2. The maximum atomic E-state index is 6.11. The minimum absolute atomic E-state index is 0.296. The van der Waals surface area contributed by atoms with Gasteiger partial charge in [0.05, 0.1) is 39.6 Å². The lowest BCUT2D eigenvalue weighted by atomic mass is 9.98. The standard InChI is InChI=1S/C21H32O6/c1-6-11-22-16-17-18(23-12-7-2)19(24-13-8-3)20(25-14-9-4)21(27-17)26-15-10-5/h6-10,17-21H,1-5,11-16H2. The lowest BCUT2D eigenvalue weighted by Gasteiger charge is -2.45. The molecule has 6 nitrogen and oxygen atoms in total. The molecular weight excluding hydrogens is 348 g/mol. The molecule has 5 atom stereocenters. The first kappa shape index (κ1) is 23.5. The summed E-state index contributed by atoms with van der Waals surface area (Å²) >= 11 is 0. The molecule has 0 aromatic carbocycles. The molecule has 27 heavy (non-hydrogen) atoms. The summed E-state index contributed by atoms with van der Waals surface area (Å²) in [7, 11) is 0. The molecule has 1 saturated heterocycles. The predicted molar refractivity (Wildman–Crippen MR) is 106 cm³/mol. The Labute approximate surface area is 162 Å². The normalized spacial score (nSPS) is 27.6. The first-order valence-corrected chi connectivity index (χ1v) is 8.97. The van der Waals surface area contributed by atoms with Gasteiger partial charge in [0.25, 0.3) is 0 Å². The Morgan fingerprint density at radius 3 is 1.63 bits per heavy atom. The summed E-state index contributed by atoms with van der Waals surface area (Å²) in [5.74, 6) is 0. The van der Waals surface area contributed by atoms with Crippen LogP contribution in [0, 0.1) is 0 Å². The quantitative estimate of drug-likeness (QED) is 0.303. The summed E-state index contributed by atoms with van der Waals surface area (Å²) in [6.45, 7) is 20.5. The molecule has 1 fully saturated rings. The molecule has 1 aliphatic heterocycles. The molecule has 152 valence electrons. The summed E-state index contributed by atoms with van der Waals surface area (Å²) in [6, 6.07) is 0. The summed E-state index contributed by atoms with van der Waals surface area (Å²) in [6.07, 6.45) is 5.83. The van der Waals surface area contributed by atoms with Crippen molar-refractivity contribution in [2.75, 3.05) is 39.6 Å². The SMILES string of the molecule is C=CCOCC1OC(OCC=C)C(OCC=C)C(OCC=C)C1OCC=C. The second kappa shape index (κ2) is 14.5. The van der Waals surface area contributed by atoms with Gasteiger partial charge in [-0.2, -0.15) is 0 Å². The third-order valence-corrected chi connectivity index (χ3v) is 3.71. The van der Waals surface area contributed by atoms with Gasteiger partial charge in [-0.15, -0.1) is 32.9 Å². The fourth-order valence-corrected chi connectivity index (χ4v) is 2.68. The Morgan fingerprint density at radius 1 is 0.593 bits per heavy atom. The fraction of sp³-hybridized carbons (Fsp3) is 0.524. The molecule has 5 unspecified atom stereocenters. The molecule has 1 rings (SSSR count). The van der Waals surface area contributed by atoms with Gasteiger partial charge in [0, 0.05) is 0 Å². The fourth-order valence-electron chi connectivity index (χ4n) is 2.68. The Bertz CT molecular complexity index is 464. The average Bonchev–Trinajstić information content (AvgIpc) is 2.68. The number of hydrogen-bond acceptors (Lipinski definition) is 6. The van der Waals surface area contributed by atoms with Crippen molar-refractivity contribution in [3.05, 3.63) is 63.3 Å². The second-order valence-corrected chi connectivity index (χ2v) is 5.75. The van der Waals surface area contributed by atoms with Crippen molar-refractivity contribution in [1.82, 2.24) is 0 Å². The van der Waals surface area contributed by atoms with Crippen molar-refractivity contribution in [1.29, 1.82) is 0 Å². The van der Waals surface area contributed by atoms with Crippen LogP contribution in [0.25, 0.3) is 0 Å². The Hall–Kier alpha value is -1.54. The molecule has 1 heterocycles. The monoisotopic (exact) mass is 380 g/mol. The van der Waals surface area contributed by atoms with Gasteiger partial charge < -0.3 is 28.4 Å². The van der Waals surface area contributed by atoms with E-state index in [1.165, 1.54) is 0 Å². The van der Waals surface area contributed by atoms with Crippen LogP contribution in [0.1, 0.15) is 0 Å². The van der Waals surface area contributed by atoms with Crippen molar-refractivity contribution < 1.29 is 28.4 Å². The van der Waals surface area contributed by atoms with E-state index in [4.69, 9.17) is 28.4 Å². The molecule has 0 aromatic heterocycles. The van der Waals surface area contributed by atoms with Crippen molar-refractivity contribution in [2.45, 2.75) is 30.7 Å². The number of rotatable bonds is 16. The van der Waals surface area contributed by atoms with Crippen LogP contribution < -0.4 is 0 Å². The number of ether oxygens (including phenoxy) is 6. The van der Waals surface area contributed by atoms with Crippen LogP contribution in [-0.2, 0) is 28.4 Å². The summed E-state index contributed by atoms with van der Waals surface area (Å²) in [5, 5.41) is 0. The van der Waals surface area contributed by atoms with Gasteiger partial charge in [0.1, 0.15) is 24.4 Å². The maximum absolute atomic E-state index is 6.11. The minimum atomic E-state index is -0.668. The van der Waals surface area contributed by atoms with E-state index in [9.17, 15) is 0 Å². The molecule has 6 heteroatoms. The third kappa shape index (κ3) is 7.92. The molecule has 0 radical (unpaired) electrons. The van der Waals surface area contributed by atoms with Crippen molar-refractivity contribution in [3.63, 3.8) is 0 Å². The molecule has 0 saturated carbocycles. The molecular formula is C21H32O6. The molecule has 0 N–H and O–H groups in total. The van der Waals surface area contributed by atoms with E-state index >= 15 is 0 Å². The highest BCUT2D eigenvalue weighted by Crippen LogP contribution is 2.29. The summed E-state index contributed by atoms with van der Waals surface area (Å²) < 4.78 is 35.4. The highest BCUT2D eigenvalue weighted by Gasteiger charge is 2.48. The van der Waals surface area contributed by atoms with Crippen LogP contribution in [0.4, 0.5) is 0 Å². The van der Waals surface area contributed by atoms with Gasteiger partial charge in [0.15, 0.2) is 6.29 Å². The van der Waals surface area contributed by atoms with Crippen LogP contribution in [0.2, 0.25) is 0 Å². The Kier molecular flexibility index (Phi) is 12.6. The zero-order valence-electron chi connectivity index (χ0n) is 16.0. The van der Waals surface area contributed by atoms with E-state index in [2.05, 4.69) is 32.9 Å². The summed E-state index contributed by atoms with van der Waals surface area (Å²) in [4.78, 5) is 0. The topological polar surface area (TPSA) is 55.4 Å². The van der Waals surface area contributed by atoms with Crippen LogP contribution in [-0.4, -0.2) is 70.3 Å². The summed E-state index contributed by atoms with van der Waals surface area (Å²) in [5.41, 5.74) is 0. The van der Waals surface area contributed by atoms with Gasteiger partial charge in [0.2, 0.25) is 0 Å².